The molecule has 0 aliphatic rings. The number of nitrogens with zero attached hydrogens (tertiary/aromatic N) is 2. The SMILES string of the molecule is CC(CCN)C(=O)NCc1ccncn1. The maximum Gasteiger partial charge on any atom is 0.223 e. The van der Waals surface area contributed by atoms with Gasteiger partial charge >= 0.3 is 0 Å². The summed E-state index contributed by atoms with van der Waals surface area (Å²) in [6.45, 7) is 2.83. The molecule has 1 unspecified atom stereocenters. The number of amides is 1. The molecule has 82 valence electrons. The number of nitrogens with two attached hydrogens (primary N) is 1. The molecule has 0 radical (unpaired) electrons. The van der Waals surface area contributed by atoms with Crippen LogP contribution in [-0.4, -0.2) is 22.4 Å². The molecule has 0 aromatic carbocycles. The highest BCUT2D eigenvalue weighted by Crippen LogP contribution is 2.00. The van der Waals surface area contributed by atoms with Crippen LogP contribution >= 0.6 is 0 Å². The summed E-state index contributed by atoms with van der Waals surface area (Å²) in [6, 6.07) is 1.77. The topological polar surface area (TPSA) is 80.9 Å². The second-order valence-corrected chi connectivity index (χ2v) is 3.40. The highest BCUT2D eigenvalue weighted by molar-refractivity contribution is 5.78. The van der Waals surface area contributed by atoms with Gasteiger partial charge in [0.25, 0.3) is 0 Å². The van der Waals surface area contributed by atoms with E-state index < -0.39 is 0 Å². The molecule has 15 heavy (non-hydrogen) atoms. The van der Waals surface area contributed by atoms with E-state index >= 15 is 0 Å². The van der Waals surface area contributed by atoms with E-state index in [-0.39, 0.29) is 11.8 Å². The van der Waals surface area contributed by atoms with Gasteiger partial charge in [0.1, 0.15) is 6.33 Å². The number of hydrogen-bond donors (Lipinski definition) is 2. The van der Waals surface area contributed by atoms with Gasteiger partial charge < -0.3 is 11.1 Å². The monoisotopic (exact) mass is 208 g/mol. The van der Waals surface area contributed by atoms with Crippen molar-refractivity contribution < 1.29 is 4.79 Å². The number of aromatic nitrogens is 2. The Morgan fingerprint density at radius 2 is 2.47 bits per heavy atom. The molecule has 1 rings (SSSR count). The molecular weight excluding hydrogens is 192 g/mol. The van der Waals surface area contributed by atoms with E-state index in [1.165, 1.54) is 6.33 Å². The van der Waals surface area contributed by atoms with Crippen LogP contribution in [0.5, 0.6) is 0 Å². The first-order chi connectivity index (χ1) is 7.24. The summed E-state index contributed by atoms with van der Waals surface area (Å²) in [7, 11) is 0. The first-order valence-corrected chi connectivity index (χ1v) is 4.96. The Labute approximate surface area is 89.1 Å². The molecule has 0 fully saturated rings. The number of carbonyl (C=O) groups excluding carboxylic acids is 1. The van der Waals surface area contributed by atoms with Crippen molar-refractivity contribution in [3.05, 3.63) is 24.3 Å². The molecule has 0 aliphatic heterocycles. The summed E-state index contributed by atoms with van der Waals surface area (Å²) in [5, 5.41) is 2.80. The lowest BCUT2D eigenvalue weighted by atomic mass is 10.1. The van der Waals surface area contributed by atoms with Crippen molar-refractivity contribution in [2.75, 3.05) is 6.54 Å². The molecule has 1 aromatic rings. The van der Waals surface area contributed by atoms with Gasteiger partial charge in [0.15, 0.2) is 0 Å². The van der Waals surface area contributed by atoms with Crippen LogP contribution in [0.25, 0.3) is 0 Å². The first-order valence-electron chi connectivity index (χ1n) is 4.96. The Hall–Kier alpha value is -1.49. The zero-order chi connectivity index (χ0) is 11.1. The van der Waals surface area contributed by atoms with Crippen molar-refractivity contribution in [2.24, 2.45) is 11.7 Å². The van der Waals surface area contributed by atoms with E-state index in [2.05, 4.69) is 15.3 Å². The number of carbonyl (C=O) groups is 1. The lowest BCUT2D eigenvalue weighted by Crippen LogP contribution is -2.30. The average Bonchev–Trinajstić information content (AvgIpc) is 2.27. The van der Waals surface area contributed by atoms with Crippen molar-refractivity contribution in [3.8, 4) is 0 Å². The molecule has 0 spiro atoms. The average molecular weight is 208 g/mol. The molecular formula is C10H16N4O. The molecule has 5 heteroatoms. The van der Waals surface area contributed by atoms with Gasteiger partial charge in [-0.25, -0.2) is 9.97 Å². The summed E-state index contributed by atoms with van der Waals surface area (Å²) < 4.78 is 0. The Bertz CT molecular complexity index is 302. The molecule has 0 saturated carbocycles. The predicted molar refractivity (Wildman–Crippen MR) is 56.7 cm³/mol. The normalized spacial score (nSPS) is 12.1. The molecule has 1 heterocycles. The van der Waals surface area contributed by atoms with Gasteiger partial charge in [-0.1, -0.05) is 6.92 Å². The molecule has 0 bridgehead atoms. The smallest absolute Gasteiger partial charge is 0.223 e. The van der Waals surface area contributed by atoms with Crippen LogP contribution in [0.1, 0.15) is 19.0 Å². The van der Waals surface area contributed by atoms with Crippen LogP contribution in [0.15, 0.2) is 18.6 Å². The van der Waals surface area contributed by atoms with E-state index in [0.717, 1.165) is 5.69 Å². The van der Waals surface area contributed by atoms with Crippen molar-refractivity contribution >= 4 is 5.91 Å². The van der Waals surface area contributed by atoms with Gasteiger partial charge in [0, 0.05) is 12.1 Å². The van der Waals surface area contributed by atoms with E-state index in [1.807, 2.05) is 6.92 Å². The van der Waals surface area contributed by atoms with Crippen molar-refractivity contribution in [3.63, 3.8) is 0 Å². The largest absolute Gasteiger partial charge is 0.350 e. The lowest BCUT2D eigenvalue weighted by molar-refractivity contribution is -0.124. The Morgan fingerprint density at radius 3 is 3.07 bits per heavy atom. The highest BCUT2D eigenvalue weighted by Gasteiger charge is 2.10. The minimum absolute atomic E-state index is 0.0130. The molecule has 5 nitrogen and oxygen atoms in total. The van der Waals surface area contributed by atoms with Crippen LogP contribution < -0.4 is 11.1 Å². The maximum atomic E-state index is 11.5. The predicted octanol–water partition coefficient (Wildman–Crippen LogP) is 0.0777. The van der Waals surface area contributed by atoms with E-state index in [0.29, 0.717) is 19.5 Å². The van der Waals surface area contributed by atoms with E-state index in [1.54, 1.807) is 12.3 Å². The molecule has 0 aliphatic carbocycles. The van der Waals surface area contributed by atoms with Crippen LogP contribution in [-0.2, 0) is 11.3 Å². The third kappa shape index (κ3) is 4.03. The van der Waals surface area contributed by atoms with Gasteiger partial charge in [-0.3, -0.25) is 4.79 Å². The quantitative estimate of drug-likeness (QED) is 0.718. The van der Waals surface area contributed by atoms with Gasteiger partial charge in [-0.05, 0) is 19.0 Å². The fourth-order valence-electron chi connectivity index (χ4n) is 1.16. The summed E-state index contributed by atoms with van der Waals surface area (Å²) in [5.41, 5.74) is 6.18. The summed E-state index contributed by atoms with van der Waals surface area (Å²) >= 11 is 0. The molecule has 1 amide bonds. The molecule has 3 N–H and O–H groups in total. The Balaban J connectivity index is 2.34. The molecule has 0 saturated heterocycles. The highest BCUT2D eigenvalue weighted by atomic mass is 16.1. The molecule has 1 atom stereocenters. The fourth-order valence-corrected chi connectivity index (χ4v) is 1.16. The fraction of sp³-hybridized carbons (Fsp3) is 0.500. The minimum Gasteiger partial charge on any atom is -0.350 e. The lowest BCUT2D eigenvalue weighted by Gasteiger charge is -2.10. The summed E-state index contributed by atoms with van der Waals surface area (Å²) in [5.74, 6) is -0.0316. The third-order valence-electron chi connectivity index (χ3n) is 2.13. The first kappa shape index (κ1) is 11.6. The van der Waals surface area contributed by atoms with E-state index in [9.17, 15) is 4.79 Å². The van der Waals surface area contributed by atoms with Gasteiger partial charge in [-0.2, -0.15) is 0 Å². The van der Waals surface area contributed by atoms with Crippen molar-refractivity contribution in [1.29, 1.82) is 0 Å². The van der Waals surface area contributed by atoms with E-state index in [4.69, 9.17) is 5.73 Å². The van der Waals surface area contributed by atoms with Gasteiger partial charge in [-0.15, -0.1) is 0 Å². The Morgan fingerprint density at radius 1 is 1.67 bits per heavy atom. The number of nitrogens with one attached hydrogen (secondary N) is 1. The molecule has 1 aromatic heterocycles. The van der Waals surface area contributed by atoms with Crippen molar-refractivity contribution in [2.45, 2.75) is 19.9 Å². The zero-order valence-electron chi connectivity index (χ0n) is 8.81. The summed E-state index contributed by atoms with van der Waals surface area (Å²) in [4.78, 5) is 19.3. The van der Waals surface area contributed by atoms with Crippen LogP contribution in [0.2, 0.25) is 0 Å². The van der Waals surface area contributed by atoms with Gasteiger partial charge in [0.2, 0.25) is 5.91 Å². The second kappa shape index (κ2) is 6.08. The number of rotatable bonds is 5. The zero-order valence-corrected chi connectivity index (χ0v) is 8.81. The van der Waals surface area contributed by atoms with Crippen LogP contribution in [0, 0.1) is 5.92 Å². The van der Waals surface area contributed by atoms with Crippen LogP contribution in [0.4, 0.5) is 0 Å². The Kier molecular flexibility index (Phi) is 4.70. The second-order valence-electron chi connectivity index (χ2n) is 3.40. The summed E-state index contributed by atoms with van der Waals surface area (Å²) in [6.07, 6.45) is 3.82. The number of hydrogen-bond acceptors (Lipinski definition) is 4. The third-order valence-corrected chi connectivity index (χ3v) is 2.13. The van der Waals surface area contributed by atoms with Crippen LogP contribution in [0.3, 0.4) is 0 Å². The van der Waals surface area contributed by atoms with Crippen molar-refractivity contribution in [1.82, 2.24) is 15.3 Å². The maximum absolute atomic E-state index is 11.5. The standard InChI is InChI=1S/C10H16N4O/c1-8(2-4-11)10(15)13-6-9-3-5-12-7-14-9/h3,5,7-8H,2,4,6,11H2,1H3,(H,13,15). The van der Waals surface area contributed by atoms with Gasteiger partial charge in [0.05, 0.1) is 12.2 Å². The minimum atomic E-state index is -0.0446.